The zero-order chi connectivity index (χ0) is 21.1. The Morgan fingerprint density at radius 2 is 2.03 bits per heavy atom. The summed E-state index contributed by atoms with van der Waals surface area (Å²) in [6, 6.07) is 11.5. The van der Waals surface area contributed by atoms with Crippen molar-refractivity contribution in [1.82, 2.24) is 9.55 Å². The second-order valence-corrected chi connectivity index (χ2v) is 6.97. The van der Waals surface area contributed by atoms with Crippen LogP contribution in [0.5, 0.6) is 11.5 Å². The quantitative estimate of drug-likeness (QED) is 0.634. The highest BCUT2D eigenvalue weighted by atomic mass is 19.3. The van der Waals surface area contributed by atoms with Gasteiger partial charge in [0, 0.05) is 36.0 Å². The maximum Gasteiger partial charge on any atom is 0.387 e. The van der Waals surface area contributed by atoms with Crippen LogP contribution in [0.3, 0.4) is 0 Å². The number of amides is 1. The number of nitrogens with one attached hydrogen (secondary N) is 1. The summed E-state index contributed by atoms with van der Waals surface area (Å²) in [5.41, 5.74) is 2.65. The zero-order valence-electron chi connectivity index (χ0n) is 16.4. The number of fused-ring (bicyclic) bond motifs is 1. The Hall–Kier alpha value is -3.42. The van der Waals surface area contributed by atoms with Gasteiger partial charge >= 0.3 is 6.61 Å². The molecule has 1 aliphatic rings. The monoisotopic (exact) mass is 413 g/mol. The van der Waals surface area contributed by atoms with Gasteiger partial charge in [-0.25, -0.2) is 4.98 Å². The SMILES string of the molecule is COc1cc(C(=O)Nc2cccc(-c3cn4c(n3)CCCC4)c2)ccc1OC(F)F. The summed E-state index contributed by atoms with van der Waals surface area (Å²) in [7, 11) is 1.32. The molecule has 0 radical (unpaired) electrons. The molecule has 8 heteroatoms. The highest BCUT2D eigenvalue weighted by Gasteiger charge is 2.16. The van der Waals surface area contributed by atoms with E-state index < -0.39 is 12.5 Å². The molecule has 1 aliphatic heterocycles. The van der Waals surface area contributed by atoms with Crippen LogP contribution in [0, 0.1) is 0 Å². The minimum absolute atomic E-state index is 0.0558. The third kappa shape index (κ3) is 4.27. The van der Waals surface area contributed by atoms with Gasteiger partial charge in [0.25, 0.3) is 5.91 Å². The van der Waals surface area contributed by atoms with Crippen LogP contribution in [0.2, 0.25) is 0 Å². The predicted molar refractivity (Wildman–Crippen MR) is 108 cm³/mol. The van der Waals surface area contributed by atoms with Crippen LogP contribution in [0.25, 0.3) is 11.3 Å². The van der Waals surface area contributed by atoms with Crippen molar-refractivity contribution in [2.75, 3.05) is 12.4 Å². The fourth-order valence-electron chi connectivity index (χ4n) is 3.51. The van der Waals surface area contributed by atoms with Gasteiger partial charge in [-0.15, -0.1) is 0 Å². The Morgan fingerprint density at radius 1 is 1.17 bits per heavy atom. The van der Waals surface area contributed by atoms with Gasteiger partial charge < -0.3 is 19.4 Å². The average Bonchev–Trinajstić information content (AvgIpc) is 3.18. The number of rotatable bonds is 6. The molecular weight excluding hydrogens is 392 g/mol. The number of methoxy groups -OCH3 is 1. The first-order valence-corrected chi connectivity index (χ1v) is 9.64. The van der Waals surface area contributed by atoms with E-state index in [9.17, 15) is 13.6 Å². The van der Waals surface area contributed by atoms with Crippen LogP contribution in [-0.2, 0) is 13.0 Å². The largest absolute Gasteiger partial charge is 0.493 e. The number of hydrogen-bond acceptors (Lipinski definition) is 4. The van der Waals surface area contributed by atoms with Gasteiger partial charge in [0.05, 0.1) is 12.8 Å². The molecule has 0 aliphatic carbocycles. The third-order valence-electron chi connectivity index (χ3n) is 4.97. The van der Waals surface area contributed by atoms with E-state index in [2.05, 4.69) is 14.6 Å². The highest BCUT2D eigenvalue weighted by molar-refractivity contribution is 6.04. The molecule has 1 amide bonds. The Balaban J connectivity index is 1.52. The van der Waals surface area contributed by atoms with Crippen LogP contribution in [0.1, 0.15) is 29.0 Å². The molecule has 2 heterocycles. The van der Waals surface area contributed by atoms with Crippen molar-refractivity contribution in [1.29, 1.82) is 0 Å². The fraction of sp³-hybridized carbons (Fsp3) is 0.273. The maximum absolute atomic E-state index is 12.6. The summed E-state index contributed by atoms with van der Waals surface area (Å²) in [4.78, 5) is 17.4. The lowest BCUT2D eigenvalue weighted by atomic mass is 10.1. The molecule has 0 unspecified atom stereocenters. The summed E-state index contributed by atoms with van der Waals surface area (Å²) in [5.74, 6) is 0.622. The number of imidazole rings is 1. The standard InChI is InChI=1S/C22H21F2N3O3/c1-29-19-12-15(8-9-18(19)30-22(23)24)21(28)25-16-6-4-5-14(11-16)17-13-27-10-3-2-7-20(27)26-17/h4-6,8-9,11-13,22H,2-3,7,10H2,1H3,(H,25,28). The molecule has 30 heavy (non-hydrogen) atoms. The van der Waals surface area contributed by atoms with Crippen LogP contribution < -0.4 is 14.8 Å². The molecule has 4 rings (SSSR count). The average molecular weight is 413 g/mol. The van der Waals surface area contributed by atoms with Gasteiger partial charge in [-0.2, -0.15) is 8.78 Å². The number of hydrogen-bond donors (Lipinski definition) is 1. The molecule has 0 spiro atoms. The van der Waals surface area contributed by atoms with Gasteiger partial charge in [0.15, 0.2) is 11.5 Å². The third-order valence-corrected chi connectivity index (χ3v) is 4.97. The first-order valence-electron chi connectivity index (χ1n) is 9.64. The number of benzene rings is 2. The van der Waals surface area contributed by atoms with E-state index in [1.54, 1.807) is 6.07 Å². The Bertz CT molecular complexity index is 1040. The summed E-state index contributed by atoms with van der Waals surface area (Å²) >= 11 is 0. The van der Waals surface area contributed by atoms with E-state index in [1.807, 2.05) is 24.4 Å². The fourth-order valence-corrected chi connectivity index (χ4v) is 3.51. The molecule has 1 aromatic heterocycles. The van der Waals surface area contributed by atoms with E-state index >= 15 is 0 Å². The molecule has 6 nitrogen and oxygen atoms in total. The maximum atomic E-state index is 12.6. The van der Waals surface area contributed by atoms with Crippen LogP contribution >= 0.6 is 0 Å². The molecule has 0 saturated heterocycles. The van der Waals surface area contributed by atoms with E-state index in [0.717, 1.165) is 42.9 Å². The minimum atomic E-state index is -2.98. The normalized spacial score (nSPS) is 13.1. The van der Waals surface area contributed by atoms with Crippen molar-refractivity contribution in [3.05, 3.63) is 60.0 Å². The van der Waals surface area contributed by atoms with Gasteiger partial charge in [0.1, 0.15) is 5.82 Å². The first-order chi connectivity index (χ1) is 14.5. The van der Waals surface area contributed by atoms with E-state index in [-0.39, 0.29) is 17.1 Å². The molecule has 0 fully saturated rings. The van der Waals surface area contributed by atoms with Crippen molar-refractivity contribution in [3.63, 3.8) is 0 Å². The number of ether oxygens (including phenoxy) is 2. The number of carbonyl (C=O) groups excluding carboxylic acids is 1. The van der Waals surface area contributed by atoms with E-state index in [1.165, 1.54) is 25.3 Å². The number of aromatic nitrogens is 2. The number of nitrogens with zero attached hydrogens (tertiary/aromatic N) is 2. The Labute approximate surface area is 172 Å². The van der Waals surface area contributed by atoms with Crippen molar-refractivity contribution < 1.29 is 23.0 Å². The summed E-state index contributed by atoms with van der Waals surface area (Å²) in [6.07, 6.45) is 5.33. The van der Waals surface area contributed by atoms with Crippen molar-refractivity contribution in [3.8, 4) is 22.8 Å². The molecule has 2 aromatic carbocycles. The van der Waals surface area contributed by atoms with Gasteiger partial charge in [-0.3, -0.25) is 4.79 Å². The van der Waals surface area contributed by atoms with Crippen LogP contribution in [0.15, 0.2) is 48.7 Å². The molecular formula is C22H21F2N3O3. The Kier molecular flexibility index (Phi) is 5.65. The van der Waals surface area contributed by atoms with Gasteiger partial charge in [-0.1, -0.05) is 12.1 Å². The lowest BCUT2D eigenvalue weighted by Crippen LogP contribution is -2.12. The van der Waals surface area contributed by atoms with Crippen LogP contribution in [-0.4, -0.2) is 29.2 Å². The molecule has 3 aromatic rings. The topological polar surface area (TPSA) is 65.4 Å². The van der Waals surface area contributed by atoms with E-state index in [4.69, 9.17) is 9.72 Å². The second kappa shape index (κ2) is 8.52. The molecule has 0 bridgehead atoms. The summed E-state index contributed by atoms with van der Waals surface area (Å²) < 4.78 is 36.6. The number of halogens is 2. The van der Waals surface area contributed by atoms with E-state index in [0.29, 0.717) is 5.69 Å². The van der Waals surface area contributed by atoms with Crippen LogP contribution in [0.4, 0.5) is 14.5 Å². The predicted octanol–water partition coefficient (Wildman–Crippen LogP) is 4.75. The van der Waals surface area contributed by atoms with Crippen molar-refractivity contribution in [2.24, 2.45) is 0 Å². The van der Waals surface area contributed by atoms with Gasteiger partial charge in [-0.05, 0) is 43.2 Å². The molecule has 0 atom stereocenters. The number of carbonyl (C=O) groups is 1. The lowest BCUT2D eigenvalue weighted by molar-refractivity contribution is -0.0512. The summed E-state index contributed by atoms with van der Waals surface area (Å²) in [5, 5.41) is 2.82. The molecule has 1 N–H and O–H groups in total. The molecule has 0 saturated carbocycles. The van der Waals surface area contributed by atoms with Crippen molar-refractivity contribution >= 4 is 11.6 Å². The smallest absolute Gasteiger partial charge is 0.387 e. The number of aryl methyl sites for hydroxylation is 2. The molecule has 156 valence electrons. The first kappa shape index (κ1) is 19.9. The second-order valence-electron chi connectivity index (χ2n) is 6.97. The summed E-state index contributed by atoms with van der Waals surface area (Å²) in [6.45, 7) is -2.00. The van der Waals surface area contributed by atoms with Gasteiger partial charge in [0.2, 0.25) is 0 Å². The minimum Gasteiger partial charge on any atom is -0.493 e. The number of alkyl halides is 2. The lowest BCUT2D eigenvalue weighted by Gasteiger charge is -2.12. The zero-order valence-corrected chi connectivity index (χ0v) is 16.4. The highest BCUT2D eigenvalue weighted by Crippen LogP contribution is 2.30. The van der Waals surface area contributed by atoms with Crippen molar-refractivity contribution in [2.45, 2.75) is 32.4 Å². The Morgan fingerprint density at radius 3 is 2.80 bits per heavy atom. The number of anilines is 1.